The SMILES string of the molecule is Cc1cc([N+](=O)[O-])cnc1Nc1ccc(C(=O)O)c(Cl)c1. The molecule has 0 amide bonds. The van der Waals surface area contributed by atoms with Crippen LogP contribution in [0.4, 0.5) is 17.2 Å². The number of aromatic nitrogens is 1. The van der Waals surface area contributed by atoms with Crippen LogP contribution in [0.3, 0.4) is 0 Å². The predicted octanol–water partition coefficient (Wildman–Crippen LogP) is 3.39. The van der Waals surface area contributed by atoms with Crippen LogP contribution >= 0.6 is 11.6 Å². The Labute approximate surface area is 124 Å². The van der Waals surface area contributed by atoms with Crippen molar-refractivity contribution in [2.75, 3.05) is 5.32 Å². The largest absolute Gasteiger partial charge is 0.478 e. The summed E-state index contributed by atoms with van der Waals surface area (Å²) in [5.74, 6) is -0.684. The lowest BCUT2D eigenvalue weighted by Gasteiger charge is -2.09. The number of rotatable bonds is 4. The number of carboxylic acids is 1. The van der Waals surface area contributed by atoms with Gasteiger partial charge in [0.15, 0.2) is 0 Å². The molecule has 108 valence electrons. The molecule has 0 aliphatic heterocycles. The number of hydrogen-bond donors (Lipinski definition) is 2. The minimum absolute atomic E-state index is 0.00408. The van der Waals surface area contributed by atoms with E-state index in [-0.39, 0.29) is 16.3 Å². The second-order valence-electron chi connectivity index (χ2n) is 4.24. The Morgan fingerprint density at radius 2 is 2.14 bits per heavy atom. The lowest BCUT2D eigenvalue weighted by atomic mass is 10.2. The van der Waals surface area contributed by atoms with Crippen molar-refractivity contribution in [3.8, 4) is 0 Å². The van der Waals surface area contributed by atoms with Gasteiger partial charge in [-0.05, 0) is 30.7 Å². The number of benzene rings is 1. The van der Waals surface area contributed by atoms with Gasteiger partial charge in [-0.2, -0.15) is 0 Å². The third-order valence-corrected chi connectivity index (χ3v) is 3.05. The molecule has 1 heterocycles. The summed E-state index contributed by atoms with van der Waals surface area (Å²) >= 11 is 5.87. The Bertz CT molecular complexity index is 733. The predicted molar refractivity (Wildman–Crippen MR) is 77.3 cm³/mol. The van der Waals surface area contributed by atoms with Crippen molar-refractivity contribution >= 4 is 34.8 Å². The Morgan fingerprint density at radius 1 is 1.43 bits per heavy atom. The van der Waals surface area contributed by atoms with Crippen molar-refractivity contribution in [2.24, 2.45) is 0 Å². The molecule has 21 heavy (non-hydrogen) atoms. The summed E-state index contributed by atoms with van der Waals surface area (Å²) in [7, 11) is 0. The fourth-order valence-electron chi connectivity index (χ4n) is 1.69. The smallest absolute Gasteiger partial charge is 0.337 e. The molecule has 2 rings (SSSR count). The quantitative estimate of drug-likeness (QED) is 0.662. The Hall–Kier alpha value is -2.67. The summed E-state index contributed by atoms with van der Waals surface area (Å²) < 4.78 is 0. The average molecular weight is 308 g/mol. The molecule has 0 spiro atoms. The molecule has 2 N–H and O–H groups in total. The van der Waals surface area contributed by atoms with Crippen LogP contribution in [0.5, 0.6) is 0 Å². The van der Waals surface area contributed by atoms with Crippen LogP contribution in [0.2, 0.25) is 5.02 Å². The number of nitrogens with one attached hydrogen (secondary N) is 1. The molecule has 0 bridgehead atoms. The van der Waals surface area contributed by atoms with E-state index in [1.54, 1.807) is 6.92 Å². The molecule has 0 atom stereocenters. The van der Waals surface area contributed by atoms with Gasteiger partial charge in [-0.15, -0.1) is 0 Å². The number of aryl methyl sites for hydroxylation is 1. The Kier molecular flexibility index (Phi) is 4.04. The van der Waals surface area contributed by atoms with E-state index in [4.69, 9.17) is 16.7 Å². The fraction of sp³-hybridized carbons (Fsp3) is 0.0769. The van der Waals surface area contributed by atoms with E-state index >= 15 is 0 Å². The van der Waals surface area contributed by atoms with Crippen LogP contribution in [0, 0.1) is 17.0 Å². The van der Waals surface area contributed by atoms with Gasteiger partial charge in [0, 0.05) is 11.8 Å². The zero-order valence-electron chi connectivity index (χ0n) is 10.8. The van der Waals surface area contributed by atoms with Crippen molar-refractivity contribution in [2.45, 2.75) is 6.92 Å². The number of halogens is 1. The van der Waals surface area contributed by atoms with Gasteiger partial charge in [0.1, 0.15) is 12.0 Å². The van der Waals surface area contributed by atoms with Gasteiger partial charge in [0.25, 0.3) is 5.69 Å². The standard InChI is InChI=1S/C13H10ClN3O4/c1-7-4-9(17(20)21)6-15-12(7)16-8-2-3-10(13(18)19)11(14)5-8/h2-6H,1H3,(H,15,16)(H,18,19). The lowest BCUT2D eigenvalue weighted by molar-refractivity contribution is -0.385. The summed E-state index contributed by atoms with van der Waals surface area (Å²) in [6.07, 6.45) is 1.14. The van der Waals surface area contributed by atoms with Gasteiger partial charge < -0.3 is 10.4 Å². The maximum Gasteiger partial charge on any atom is 0.337 e. The van der Waals surface area contributed by atoms with Gasteiger partial charge in [0.05, 0.1) is 15.5 Å². The van der Waals surface area contributed by atoms with Crippen molar-refractivity contribution in [1.82, 2.24) is 4.98 Å². The molecule has 0 saturated carbocycles. The second-order valence-corrected chi connectivity index (χ2v) is 4.65. The summed E-state index contributed by atoms with van der Waals surface area (Å²) in [6.45, 7) is 1.68. The summed E-state index contributed by atoms with van der Waals surface area (Å²) in [6, 6.07) is 5.75. The van der Waals surface area contributed by atoms with Gasteiger partial charge in [0.2, 0.25) is 0 Å². The first-order chi connectivity index (χ1) is 9.88. The number of nitrogens with zero attached hydrogens (tertiary/aromatic N) is 2. The number of anilines is 2. The first-order valence-corrected chi connectivity index (χ1v) is 6.17. The lowest BCUT2D eigenvalue weighted by Crippen LogP contribution is -2.01. The highest BCUT2D eigenvalue weighted by molar-refractivity contribution is 6.33. The molecule has 1 aromatic heterocycles. The van der Waals surface area contributed by atoms with E-state index in [1.807, 2.05) is 0 Å². The minimum atomic E-state index is -1.11. The highest BCUT2D eigenvalue weighted by Gasteiger charge is 2.12. The van der Waals surface area contributed by atoms with Gasteiger partial charge in [-0.25, -0.2) is 9.78 Å². The molecule has 7 nitrogen and oxygen atoms in total. The highest BCUT2D eigenvalue weighted by Crippen LogP contribution is 2.25. The maximum atomic E-state index is 10.9. The van der Waals surface area contributed by atoms with Gasteiger partial charge in [-0.1, -0.05) is 11.6 Å². The Morgan fingerprint density at radius 3 is 2.67 bits per heavy atom. The fourth-order valence-corrected chi connectivity index (χ4v) is 1.96. The van der Waals surface area contributed by atoms with Gasteiger partial charge in [-0.3, -0.25) is 10.1 Å². The van der Waals surface area contributed by atoms with E-state index in [0.717, 1.165) is 6.20 Å². The number of nitro groups is 1. The summed E-state index contributed by atoms with van der Waals surface area (Å²) in [5.41, 5.74) is 1.02. The van der Waals surface area contributed by atoms with Crippen LogP contribution in [0.15, 0.2) is 30.5 Å². The van der Waals surface area contributed by atoms with E-state index in [1.165, 1.54) is 24.3 Å². The van der Waals surface area contributed by atoms with E-state index in [0.29, 0.717) is 17.1 Å². The van der Waals surface area contributed by atoms with Crippen molar-refractivity contribution in [3.05, 3.63) is 56.7 Å². The van der Waals surface area contributed by atoms with Crippen molar-refractivity contribution < 1.29 is 14.8 Å². The number of pyridine rings is 1. The molecule has 2 aromatic rings. The Balaban J connectivity index is 2.28. The number of carbonyl (C=O) groups is 1. The van der Waals surface area contributed by atoms with E-state index in [9.17, 15) is 14.9 Å². The molecule has 8 heteroatoms. The van der Waals surface area contributed by atoms with E-state index in [2.05, 4.69) is 10.3 Å². The van der Waals surface area contributed by atoms with Gasteiger partial charge >= 0.3 is 5.97 Å². The molecule has 1 aromatic carbocycles. The summed E-state index contributed by atoms with van der Waals surface area (Å²) in [4.78, 5) is 25.0. The molecule has 0 radical (unpaired) electrons. The van der Waals surface area contributed by atoms with E-state index < -0.39 is 10.9 Å². The molecule has 0 aliphatic rings. The molecular formula is C13H10ClN3O4. The topological polar surface area (TPSA) is 105 Å². The number of hydrogen-bond acceptors (Lipinski definition) is 5. The highest BCUT2D eigenvalue weighted by atomic mass is 35.5. The number of aromatic carboxylic acids is 1. The first-order valence-electron chi connectivity index (χ1n) is 5.79. The van der Waals surface area contributed by atoms with Crippen LogP contribution in [0.1, 0.15) is 15.9 Å². The summed E-state index contributed by atoms with van der Waals surface area (Å²) in [5, 5.41) is 22.6. The molecular weight excluding hydrogens is 298 g/mol. The molecule has 0 saturated heterocycles. The third-order valence-electron chi connectivity index (χ3n) is 2.74. The third kappa shape index (κ3) is 3.26. The van der Waals surface area contributed by atoms with Crippen molar-refractivity contribution in [3.63, 3.8) is 0 Å². The zero-order chi connectivity index (χ0) is 15.6. The van der Waals surface area contributed by atoms with Crippen LogP contribution in [0.25, 0.3) is 0 Å². The zero-order valence-corrected chi connectivity index (χ0v) is 11.6. The number of carboxylic acid groups (broad SMARTS) is 1. The second kappa shape index (κ2) is 5.76. The van der Waals surface area contributed by atoms with Crippen LogP contribution < -0.4 is 5.32 Å². The first kappa shape index (κ1) is 14.7. The molecule has 0 unspecified atom stereocenters. The van der Waals surface area contributed by atoms with Crippen LogP contribution in [-0.2, 0) is 0 Å². The normalized spacial score (nSPS) is 10.2. The average Bonchev–Trinajstić information content (AvgIpc) is 2.40. The minimum Gasteiger partial charge on any atom is -0.478 e. The monoisotopic (exact) mass is 307 g/mol. The van der Waals surface area contributed by atoms with Crippen molar-refractivity contribution in [1.29, 1.82) is 0 Å². The molecule has 0 aliphatic carbocycles. The maximum absolute atomic E-state index is 10.9. The molecule has 0 fully saturated rings. The van der Waals surface area contributed by atoms with Crippen LogP contribution in [-0.4, -0.2) is 21.0 Å².